The molecule has 4 heterocycles. The first-order chi connectivity index (χ1) is 28.2. The standard InChI is InChI=1S/C44H47FN4O5.CH4O3S/c1-30(2)54-36-7-5-6-32(24-36)25-41(50)48-23-19-44(28-48,34-12-15-39-40(26-34)53-29-52-39)18-22-47-20-16-33(17-21-47)42(51)43-46-37-8-3-4-9-38(37)49(43)27-31-10-13-35(45)14-11-31;1-5(2,3)4/h3-15,24,26,30,33H,16-23,25,27-29H2,1-2H3;1H3,(H,2,3,4). The van der Waals surface area contributed by atoms with Crippen LogP contribution in [0.3, 0.4) is 0 Å². The van der Waals surface area contributed by atoms with Crippen LogP contribution in [0.25, 0.3) is 11.0 Å². The van der Waals surface area contributed by atoms with Crippen LogP contribution in [0.5, 0.6) is 17.2 Å². The van der Waals surface area contributed by atoms with Gasteiger partial charge in [-0.3, -0.25) is 14.1 Å². The first kappa shape index (κ1) is 41.8. The summed E-state index contributed by atoms with van der Waals surface area (Å²) in [5, 5.41) is 0. The molecule has 312 valence electrons. The zero-order valence-corrected chi connectivity index (χ0v) is 34.5. The van der Waals surface area contributed by atoms with E-state index in [0.29, 0.717) is 38.1 Å². The van der Waals surface area contributed by atoms with Crippen LogP contribution in [0.1, 0.15) is 66.8 Å². The zero-order valence-electron chi connectivity index (χ0n) is 33.7. The molecule has 0 aliphatic carbocycles. The van der Waals surface area contributed by atoms with Crippen LogP contribution in [-0.4, -0.2) is 95.9 Å². The topological polar surface area (TPSA) is 140 Å². The molecule has 12 nitrogen and oxygen atoms in total. The fraction of sp³-hybridized carbons (Fsp3) is 0.400. The molecule has 0 saturated carbocycles. The highest BCUT2D eigenvalue weighted by molar-refractivity contribution is 7.85. The van der Waals surface area contributed by atoms with E-state index in [4.69, 9.17) is 23.7 Å². The number of ether oxygens (including phenoxy) is 3. The Morgan fingerprint density at radius 2 is 1.66 bits per heavy atom. The van der Waals surface area contributed by atoms with Gasteiger partial charge in [0.05, 0.1) is 29.8 Å². The monoisotopic (exact) mass is 826 g/mol. The summed E-state index contributed by atoms with van der Waals surface area (Å²) in [5.74, 6) is 2.52. The summed E-state index contributed by atoms with van der Waals surface area (Å²) in [6, 6.07) is 28.3. The molecule has 4 aromatic carbocycles. The maximum atomic E-state index is 14.1. The van der Waals surface area contributed by atoms with Crippen molar-refractivity contribution in [2.45, 2.75) is 64.0 Å². The van der Waals surface area contributed by atoms with Gasteiger partial charge in [-0.25, -0.2) is 9.37 Å². The maximum Gasteiger partial charge on any atom is 0.261 e. The third-order valence-electron chi connectivity index (χ3n) is 11.3. The molecule has 3 aliphatic heterocycles. The minimum Gasteiger partial charge on any atom is -0.491 e. The second kappa shape index (κ2) is 17.9. The van der Waals surface area contributed by atoms with Gasteiger partial charge in [0.25, 0.3) is 10.1 Å². The van der Waals surface area contributed by atoms with Gasteiger partial charge in [0, 0.05) is 31.0 Å². The van der Waals surface area contributed by atoms with Crippen molar-refractivity contribution in [2.75, 3.05) is 45.8 Å². The number of rotatable bonds is 12. The minimum atomic E-state index is -3.67. The van der Waals surface area contributed by atoms with E-state index in [2.05, 4.69) is 17.0 Å². The van der Waals surface area contributed by atoms with Gasteiger partial charge in [0.2, 0.25) is 18.5 Å². The third-order valence-corrected chi connectivity index (χ3v) is 11.3. The van der Waals surface area contributed by atoms with Crippen molar-refractivity contribution in [1.29, 1.82) is 0 Å². The van der Waals surface area contributed by atoms with Crippen molar-refractivity contribution < 1.29 is 41.2 Å². The fourth-order valence-electron chi connectivity index (χ4n) is 8.35. The smallest absolute Gasteiger partial charge is 0.261 e. The Hall–Kier alpha value is -5.31. The lowest BCUT2D eigenvalue weighted by Crippen LogP contribution is -2.41. The van der Waals surface area contributed by atoms with Gasteiger partial charge in [-0.1, -0.05) is 42.5 Å². The molecule has 2 saturated heterocycles. The summed E-state index contributed by atoms with van der Waals surface area (Å²) in [6.07, 6.45) is 4.33. The average Bonchev–Trinajstić information content (AvgIpc) is 3.95. The van der Waals surface area contributed by atoms with Crippen LogP contribution in [-0.2, 0) is 33.3 Å². The van der Waals surface area contributed by atoms with Crippen LogP contribution in [0.2, 0.25) is 0 Å². The molecule has 5 aromatic rings. The number of hydrogen-bond acceptors (Lipinski definition) is 9. The molecular weight excluding hydrogens is 776 g/mol. The number of imidazole rings is 1. The molecule has 3 aliphatic rings. The number of amides is 1. The lowest BCUT2D eigenvalue weighted by Gasteiger charge is -2.36. The van der Waals surface area contributed by atoms with E-state index in [-0.39, 0.29) is 41.7 Å². The number of nitrogens with zero attached hydrogens (tertiary/aromatic N) is 4. The number of likely N-dealkylation sites (tertiary alicyclic amines) is 2. The number of para-hydroxylation sites is 2. The van der Waals surface area contributed by atoms with Crippen molar-refractivity contribution >= 4 is 32.8 Å². The van der Waals surface area contributed by atoms with E-state index in [9.17, 15) is 22.4 Å². The highest BCUT2D eigenvalue weighted by Gasteiger charge is 2.42. The Morgan fingerprint density at radius 3 is 2.41 bits per heavy atom. The van der Waals surface area contributed by atoms with Crippen molar-refractivity contribution in [1.82, 2.24) is 19.4 Å². The number of carbonyl (C=O) groups excluding carboxylic acids is 2. The Morgan fingerprint density at radius 1 is 0.932 bits per heavy atom. The van der Waals surface area contributed by atoms with Crippen molar-refractivity contribution in [2.24, 2.45) is 5.92 Å². The quantitative estimate of drug-likeness (QED) is 0.104. The molecule has 2 fully saturated rings. The van der Waals surface area contributed by atoms with Gasteiger partial charge in [-0.05, 0) is 124 Å². The van der Waals surface area contributed by atoms with Crippen LogP contribution >= 0.6 is 0 Å². The van der Waals surface area contributed by atoms with Gasteiger partial charge < -0.3 is 28.6 Å². The Balaban J connectivity index is 0.000000997. The van der Waals surface area contributed by atoms with Crippen LogP contribution in [0.4, 0.5) is 4.39 Å². The van der Waals surface area contributed by atoms with Crippen LogP contribution in [0.15, 0.2) is 91.0 Å². The third kappa shape index (κ3) is 10.5. The number of Topliss-reactive ketones (excluding diaryl/α,β-unsaturated/α-hetero) is 1. The normalized spacial score (nSPS) is 18.2. The minimum absolute atomic E-state index is 0.0621. The number of carbonyl (C=O) groups is 2. The lowest BCUT2D eigenvalue weighted by atomic mass is 9.76. The summed E-state index contributed by atoms with van der Waals surface area (Å²) in [5.41, 5.74) is 4.47. The van der Waals surface area contributed by atoms with Crippen LogP contribution < -0.4 is 14.2 Å². The van der Waals surface area contributed by atoms with Crippen molar-refractivity contribution in [3.05, 3.63) is 119 Å². The summed E-state index contributed by atoms with van der Waals surface area (Å²) in [7, 11) is -3.67. The average molecular weight is 827 g/mol. The van der Waals surface area contributed by atoms with Gasteiger partial charge >= 0.3 is 0 Å². The number of halogens is 1. The molecule has 1 unspecified atom stereocenters. The number of benzene rings is 4. The SMILES string of the molecule is CC(C)Oc1cccc(CC(=O)N2CCC(CCN3CCC(C(=O)c4nc5ccccc5n4Cc4ccc(F)cc4)CC3)(c3ccc4c(c3)OCO4)C2)c1.CS(=O)(=O)O. The fourth-order valence-corrected chi connectivity index (χ4v) is 8.35. The highest BCUT2D eigenvalue weighted by Crippen LogP contribution is 2.43. The molecule has 0 bridgehead atoms. The van der Waals surface area contributed by atoms with Gasteiger partial charge in [0.15, 0.2) is 17.3 Å². The van der Waals surface area contributed by atoms with Crippen molar-refractivity contribution in [3.63, 3.8) is 0 Å². The molecule has 59 heavy (non-hydrogen) atoms. The Labute approximate surface area is 344 Å². The first-order valence-corrected chi connectivity index (χ1v) is 21.9. The molecule has 14 heteroatoms. The number of piperidine rings is 1. The summed E-state index contributed by atoms with van der Waals surface area (Å²) < 4.78 is 58.8. The molecule has 0 spiro atoms. The maximum absolute atomic E-state index is 14.1. The molecular formula is C45H51FN4O8S. The number of aromatic nitrogens is 2. The van der Waals surface area contributed by atoms with Gasteiger partial charge in [-0.15, -0.1) is 0 Å². The van der Waals surface area contributed by atoms with Crippen LogP contribution in [0, 0.1) is 11.7 Å². The van der Waals surface area contributed by atoms with E-state index < -0.39 is 10.1 Å². The summed E-state index contributed by atoms with van der Waals surface area (Å²) in [6.45, 7) is 8.44. The Kier molecular flexibility index (Phi) is 12.7. The second-order valence-electron chi connectivity index (χ2n) is 16.0. The van der Waals surface area contributed by atoms with Gasteiger partial charge in [-0.2, -0.15) is 8.42 Å². The molecule has 1 amide bonds. The summed E-state index contributed by atoms with van der Waals surface area (Å²) >= 11 is 0. The molecule has 8 rings (SSSR count). The number of fused-ring (bicyclic) bond motifs is 2. The van der Waals surface area contributed by atoms with Crippen molar-refractivity contribution in [3.8, 4) is 17.2 Å². The summed E-state index contributed by atoms with van der Waals surface area (Å²) in [4.78, 5) is 37.1. The van der Waals surface area contributed by atoms with Gasteiger partial charge in [0.1, 0.15) is 11.6 Å². The number of ketones is 1. The molecule has 1 atom stereocenters. The highest BCUT2D eigenvalue weighted by atomic mass is 32.2. The lowest BCUT2D eigenvalue weighted by molar-refractivity contribution is -0.129. The largest absolute Gasteiger partial charge is 0.491 e. The van der Waals surface area contributed by atoms with E-state index in [1.807, 2.05) is 77.9 Å². The van der Waals surface area contributed by atoms with E-state index in [1.54, 1.807) is 12.1 Å². The first-order valence-electron chi connectivity index (χ1n) is 20.1. The second-order valence-corrected chi connectivity index (χ2v) is 17.5. The van der Waals surface area contributed by atoms with E-state index >= 15 is 0 Å². The molecule has 1 N–H and O–H groups in total. The molecule has 0 radical (unpaired) electrons. The number of hydrogen-bond donors (Lipinski definition) is 1. The predicted octanol–water partition coefficient (Wildman–Crippen LogP) is 6.94. The zero-order chi connectivity index (χ0) is 41.7. The predicted molar refractivity (Wildman–Crippen MR) is 222 cm³/mol. The Bertz CT molecular complexity index is 2390. The van der Waals surface area contributed by atoms with E-state index in [1.165, 1.54) is 17.7 Å². The molecule has 1 aromatic heterocycles. The van der Waals surface area contributed by atoms with E-state index in [0.717, 1.165) is 84.7 Å².